The summed E-state index contributed by atoms with van der Waals surface area (Å²) in [5.74, 6) is 0. The van der Waals surface area contributed by atoms with Crippen LogP contribution in [0.3, 0.4) is 0 Å². The van der Waals surface area contributed by atoms with Crippen LogP contribution in [0.1, 0.15) is 10.6 Å². The highest BCUT2D eigenvalue weighted by Gasteiger charge is 2.02. The number of hydrogen-bond acceptors (Lipinski definition) is 5. The molecule has 1 aromatic carbocycles. The summed E-state index contributed by atoms with van der Waals surface area (Å²) >= 11 is 3.29. The predicted molar refractivity (Wildman–Crippen MR) is 68.0 cm³/mol. The maximum atomic E-state index is 4.09. The Morgan fingerprint density at radius 2 is 2.00 bits per heavy atom. The van der Waals surface area contributed by atoms with E-state index in [1.165, 1.54) is 10.5 Å². The van der Waals surface area contributed by atoms with E-state index in [1.54, 1.807) is 23.1 Å². The van der Waals surface area contributed by atoms with Gasteiger partial charge in [-0.2, -0.15) is 0 Å². The molecule has 0 aliphatic carbocycles. The van der Waals surface area contributed by atoms with Crippen LogP contribution in [0.15, 0.2) is 33.5 Å². The normalized spacial score (nSPS) is 10.6. The second kappa shape index (κ2) is 5.43. The monoisotopic (exact) mass is 251 g/mol. The number of hydrogen-bond donors (Lipinski definition) is 1. The van der Waals surface area contributed by atoms with Gasteiger partial charge in [-0.15, -0.1) is 10.2 Å². The summed E-state index contributed by atoms with van der Waals surface area (Å²) in [5, 5.41) is 12.2. The SMILES string of the molecule is CNCc1ccc(Sc2nnc(C)s2)cc1. The minimum Gasteiger partial charge on any atom is -0.316 e. The summed E-state index contributed by atoms with van der Waals surface area (Å²) in [6, 6.07) is 8.50. The quantitative estimate of drug-likeness (QED) is 0.906. The maximum absolute atomic E-state index is 4.09. The minimum atomic E-state index is 0.906. The molecule has 0 amide bonds. The standard InChI is InChI=1S/C11H13N3S2/c1-8-13-14-11(15-8)16-10-5-3-9(4-6-10)7-12-2/h3-6,12H,7H2,1-2H3. The van der Waals surface area contributed by atoms with Crippen molar-refractivity contribution in [1.29, 1.82) is 0 Å². The van der Waals surface area contributed by atoms with Crippen LogP contribution in [-0.2, 0) is 6.54 Å². The van der Waals surface area contributed by atoms with Crippen molar-refractivity contribution in [3.8, 4) is 0 Å². The van der Waals surface area contributed by atoms with Crippen LogP contribution in [0.4, 0.5) is 0 Å². The molecule has 1 heterocycles. The van der Waals surface area contributed by atoms with Crippen LogP contribution in [0.2, 0.25) is 0 Å². The van der Waals surface area contributed by atoms with E-state index in [4.69, 9.17) is 0 Å². The zero-order chi connectivity index (χ0) is 11.4. The highest BCUT2D eigenvalue weighted by Crippen LogP contribution is 2.29. The minimum absolute atomic E-state index is 0.906. The molecule has 0 saturated carbocycles. The number of nitrogens with one attached hydrogen (secondary N) is 1. The smallest absolute Gasteiger partial charge is 0.179 e. The molecule has 5 heteroatoms. The van der Waals surface area contributed by atoms with Gasteiger partial charge < -0.3 is 5.32 Å². The molecule has 0 spiro atoms. The molecule has 3 nitrogen and oxygen atoms in total. The van der Waals surface area contributed by atoms with Gasteiger partial charge in [0.05, 0.1) is 0 Å². The Bertz CT molecular complexity index is 451. The molecular formula is C11H13N3S2. The Morgan fingerprint density at radius 3 is 2.56 bits per heavy atom. The number of aryl methyl sites for hydroxylation is 1. The second-order valence-electron chi connectivity index (χ2n) is 3.36. The first kappa shape index (κ1) is 11.6. The van der Waals surface area contributed by atoms with Crippen LogP contribution >= 0.6 is 23.1 Å². The summed E-state index contributed by atoms with van der Waals surface area (Å²) < 4.78 is 0.999. The predicted octanol–water partition coefficient (Wildman–Crippen LogP) is 2.72. The molecule has 0 unspecified atom stereocenters. The molecule has 0 aliphatic rings. The fraction of sp³-hybridized carbons (Fsp3) is 0.273. The summed E-state index contributed by atoms with van der Waals surface area (Å²) in [7, 11) is 1.95. The van der Waals surface area contributed by atoms with Gasteiger partial charge in [0.2, 0.25) is 0 Å². The third kappa shape index (κ3) is 3.04. The fourth-order valence-electron chi connectivity index (χ4n) is 1.30. The molecule has 1 N–H and O–H groups in total. The van der Waals surface area contributed by atoms with Crippen LogP contribution < -0.4 is 5.32 Å². The lowest BCUT2D eigenvalue weighted by Crippen LogP contribution is -2.04. The highest BCUT2D eigenvalue weighted by molar-refractivity contribution is 8.01. The molecule has 0 saturated heterocycles. The zero-order valence-electron chi connectivity index (χ0n) is 9.23. The molecule has 1 aromatic heterocycles. The van der Waals surface area contributed by atoms with E-state index in [0.717, 1.165) is 15.9 Å². The first-order valence-corrected chi connectivity index (χ1v) is 6.63. The molecule has 0 fully saturated rings. The maximum Gasteiger partial charge on any atom is 0.179 e. The molecule has 16 heavy (non-hydrogen) atoms. The summed E-state index contributed by atoms with van der Waals surface area (Å²) in [4.78, 5) is 1.20. The van der Waals surface area contributed by atoms with Gasteiger partial charge in [-0.1, -0.05) is 35.2 Å². The largest absolute Gasteiger partial charge is 0.316 e. The van der Waals surface area contributed by atoms with Gasteiger partial charge in [-0.05, 0) is 31.7 Å². The zero-order valence-corrected chi connectivity index (χ0v) is 10.9. The fourth-order valence-corrected chi connectivity index (χ4v) is 3.09. The highest BCUT2D eigenvalue weighted by atomic mass is 32.2. The topological polar surface area (TPSA) is 37.8 Å². The molecule has 2 aromatic rings. The van der Waals surface area contributed by atoms with Gasteiger partial charge in [-0.25, -0.2) is 0 Å². The Morgan fingerprint density at radius 1 is 1.25 bits per heavy atom. The average Bonchev–Trinajstić information content (AvgIpc) is 2.67. The van der Waals surface area contributed by atoms with E-state index in [-0.39, 0.29) is 0 Å². The van der Waals surface area contributed by atoms with Crippen molar-refractivity contribution in [2.75, 3.05) is 7.05 Å². The van der Waals surface area contributed by atoms with E-state index < -0.39 is 0 Å². The number of benzene rings is 1. The molecular weight excluding hydrogens is 238 g/mol. The van der Waals surface area contributed by atoms with Crippen LogP contribution in [-0.4, -0.2) is 17.2 Å². The summed E-state index contributed by atoms with van der Waals surface area (Å²) in [6.45, 7) is 2.88. The van der Waals surface area contributed by atoms with Crippen LogP contribution in [0, 0.1) is 6.92 Å². The average molecular weight is 251 g/mol. The Balaban J connectivity index is 2.05. The van der Waals surface area contributed by atoms with Gasteiger partial charge in [-0.3, -0.25) is 0 Å². The Kier molecular flexibility index (Phi) is 3.93. The lowest BCUT2D eigenvalue weighted by Gasteiger charge is -2.01. The lowest BCUT2D eigenvalue weighted by atomic mass is 10.2. The Labute approximate surface area is 103 Å². The molecule has 0 atom stereocenters. The second-order valence-corrected chi connectivity index (χ2v) is 5.87. The van der Waals surface area contributed by atoms with E-state index in [0.29, 0.717) is 0 Å². The third-order valence-electron chi connectivity index (χ3n) is 2.02. The van der Waals surface area contributed by atoms with Gasteiger partial charge in [0.1, 0.15) is 5.01 Å². The van der Waals surface area contributed by atoms with E-state index >= 15 is 0 Å². The van der Waals surface area contributed by atoms with E-state index in [9.17, 15) is 0 Å². The number of rotatable bonds is 4. The number of nitrogens with zero attached hydrogens (tertiary/aromatic N) is 2. The molecule has 84 valence electrons. The Hall–Kier alpha value is -0.910. The van der Waals surface area contributed by atoms with Crippen molar-refractivity contribution in [2.45, 2.75) is 22.7 Å². The van der Waals surface area contributed by atoms with Crippen molar-refractivity contribution in [1.82, 2.24) is 15.5 Å². The van der Waals surface area contributed by atoms with Crippen molar-refractivity contribution >= 4 is 23.1 Å². The van der Waals surface area contributed by atoms with Crippen molar-refractivity contribution in [2.24, 2.45) is 0 Å². The van der Waals surface area contributed by atoms with Gasteiger partial charge in [0, 0.05) is 11.4 Å². The third-order valence-corrected chi connectivity index (χ3v) is 3.91. The van der Waals surface area contributed by atoms with Crippen molar-refractivity contribution in [3.05, 3.63) is 34.8 Å². The first-order chi connectivity index (χ1) is 7.78. The van der Waals surface area contributed by atoms with E-state index in [2.05, 4.69) is 39.8 Å². The van der Waals surface area contributed by atoms with Gasteiger partial charge >= 0.3 is 0 Å². The van der Waals surface area contributed by atoms with E-state index in [1.807, 2.05) is 14.0 Å². The van der Waals surface area contributed by atoms with Gasteiger partial charge in [0.25, 0.3) is 0 Å². The lowest BCUT2D eigenvalue weighted by molar-refractivity contribution is 0.817. The van der Waals surface area contributed by atoms with Crippen molar-refractivity contribution < 1.29 is 0 Å². The van der Waals surface area contributed by atoms with Crippen LogP contribution in [0.25, 0.3) is 0 Å². The molecule has 2 rings (SSSR count). The molecule has 0 radical (unpaired) electrons. The van der Waals surface area contributed by atoms with Crippen molar-refractivity contribution in [3.63, 3.8) is 0 Å². The number of aromatic nitrogens is 2. The molecule has 0 bridgehead atoms. The van der Waals surface area contributed by atoms with Crippen LogP contribution in [0.5, 0.6) is 0 Å². The van der Waals surface area contributed by atoms with Gasteiger partial charge in [0.15, 0.2) is 4.34 Å². The summed E-state index contributed by atoms with van der Waals surface area (Å²) in [5.41, 5.74) is 1.29. The first-order valence-electron chi connectivity index (χ1n) is 4.99. The molecule has 0 aliphatic heterocycles. The summed E-state index contributed by atoms with van der Waals surface area (Å²) in [6.07, 6.45) is 0.